The highest BCUT2D eigenvalue weighted by Crippen LogP contribution is 2.52. The molecule has 39 heavy (non-hydrogen) atoms. The standard InChI is InChI=1S/C27H34FN2O8P/c1-19-9-6-7-10-20(19)17-35-15-8-16-39(34,38-21-11-4-3-5-12-21)36-18-22-24(32)27(2,28)25(37-22)30-14-13-23(31)29-26(30)33/h3-4,6-7,9-11,13-14,22,24-25,32H,5,8,12,15-18H2,1-2H3,(H,29,31,33)/t22-,24-,25-,27-,39?/m1/s1. The van der Waals surface area contributed by atoms with Crippen molar-refractivity contribution >= 4 is 7.60 Å². The molecule has 1 fully saturated rings. The molecular weight excluding hydrogens is 530 g/mol. The van der Waals surface area contributed by atoms with Crippen LogP contribution in [0.4, 0.5) is 4.39 Å². The lowest BCUT2D eigenvalue weighted by Gasteiger charge is -2.25. The molecule has 1 aromatic heterocycles. The summed E-state index contributed by atoms with van der Waals surface area (Å²) in [5.41, 5.74) is -1.76. The van der Waals surface area contributed by atoms with E-state index in [9.17, 15) is 19.3 Å². The SMILES string of the molecule is Cc1ccccc1COCCCP(=O)(OC[C@H]1O[C@@H](n2ccc(=O)[nH]c2=O)[C@](C)(F)[C@@H]1O)OC1=CC=CCC1. The van der Waals surface area contributed by atoms with Crippen LogP contribution in [0.5, 0.6) is 0 Å². The van der Waals surface area contributed by atoms with Gasteiger partial charge in [-0.25, -0.2) is 13.8 Å². The largest absolute Gasteiger partial charge is 0.429 e. The van der Waals surface area contributed by atoms with E-state index >= 15 is 4.39 Å². The number of nitrogens with one attached hydrogen (secondary N) is 1. The molecule has 0 bridgehead atoms. The number of H-pyrrole nitrogens is 1. The molecule has 1 aliphatic heterocycles. The van der Waals surface area contributed by atoms with Crippen LogP contribution in [-0.2, 0) is 29.7 Å². The number of allylic oxidation sites excluding steroid dienone is 4. The van der Waals surface area contributed by atoms with Gasteiger partial charge in [0.1, 0.15) is 18.0 Å². The minimum absolute atomic E-state index is 0.0281. The summed E-state index contributed by atoms with van der Waals surface area (Å²) in [6.07, 6.45) is 3.76. The monoisotopic (exact) mass is 564 g/mol. The Bertz CT molecular complexity index is 1370. The fourth-order valence-corrected chi connectivity index (χ4v) is 6.11. The summed E-state index contributed by atoms with van der Waals surface area (Å²) in [5, 5.41) is 10.7. The van der Waals surface area contributed by atoms with Crippen molar-refractivity contribution in [2.24, 2.45) is 0 Å². The van der Waals surface area contributed by atoms with Gasteiger partial charge >= 0.3 is 13.3 Å². The Morgan fingerprint density at radius 1 is 1.28 bits per heavy atom. The van der Waals surface area contributed by atoms with Crippen LogP contribution < -0.4 is 11.2 Å². The number of rotatable bonds is 12. The molecule has 5 atom stereocenters. The maximum atomic E-state index is 15.5. The number of aryl methyl sites for hydroxylation is 1. The molecule has 1 unspecified atom stereocenters. The average molecular weight is 565 g/mol. The van der Waals surface area contributed by atoms with Crippen LogP contribution in [-0.4, -0.2) is 51.9 Å². The maximum absolute atomic E-state index is 15.5. The first-order valence-electron chi connectivity index (χ1n) is 12.8. The highest BCUT2D eigenvalue weighted by atomic mass is 31.2. The van der Waals surface area contributed by atoms with Crippen molar-refractivity contribution in [2.75, 3.05) is 19.4 Å². The summed E-state index contributed by atoms with van der Waals surface area (Å²) in [5.74, 6) is 0.502. The lowest BCUT2D eigenvalue weighted by Crippen LogP contribution is -2.43. The van der Waals surface area contributed by atoms with Crippen molar-refractivity contribution in [1.82, 2.24) is 9.55 Å². The van der Waals surface area contributed by atoms with E-state index in [0.717, 1.165) is 41.3 Å². The number of aliphatic hydroxyl groups excluding tert-OH is 1. The van der Waals surface area contributed by atoms with Gasteiger partial charge in [0.05, 0.1) is 19.4 Å². The van der Waals surface area contributed by atoms with Gasteiger partial charge in [0.25, 0.3) is 5.56 Å². The van der Waals surface area contributed by atoms with E-state index in [1.165, 1.54) is 0 Å². The molecule has 1 saturated heterocycles. The molecule has 2 aromatic rings. The minimum atomic E-state index is -3.75. The number of hydrogen-bond acceptors (Lipinski definition) is 8. The molecule has 12 heteroatoms. The van der Waals surface area contributed by atoms with Crippen molar-refractivity contribution in [1.29, 1.82) is 0 Å². The van der Waals surface area contributed by atoms with Gasteiger partial charge in [-0.1, -0.05) is 36.4 Å². The van der Waals surface area contributed by atoms with Crippen LogP contribution in [0.2, 0.25) is 0 Å². The molecule has 212 valence electrons. The number of halogens is 1. The third kappa shape index (κ3) is 7.23. The van der Waals surface area contributed by atoms with Crippen molar-refractivity contribution in [3.05, 3.63) is 92.5 Å². The van der Waals surface area contributed by atoms with Crippen LogP contribution in [0.1, 0.15) is 43.5 Å². The molecule has 2 aliphatic rings. The van der Waals surface area contributed by atoms with Gasteiger partial charge in [-0.15, -0.1) is 0 Å². The number of hydrogen-bond donors (Lipinski definition) is 2. The second-order valence-corrected chi connectivity index (χ2v) is 11.9. The van der Waals surface area contributed by atoms with Gasteiger partial charge in [0.15, 0.2) is 11.9 Å². The second kappa shape index (κ2) is 12.6. The highest BCUT2D eigenvalue weighted by molar-refractivity contribution is 7.53. The topological polar surface area (TPSA) is 129 Å². The van der Waals surface area contributed by atoms with Gasteiger partial charge in [0.2, 0.25) is 0 Å². The summed E-state index contributed by atoms with van der Waals surface area (Å²) in [6, 6.07) is 8.92. The first kappa shape index (κ1) is 29.2. The second-order valence-electron chi connectivity index (χ2n) is 9.79. The summed E-state index contributed by atoms with van der Waals surface area (Å²) in [4.78, 5) is 25.6. The summed E-state index contributed by atoms with van der Waals surface area (Å²) in [7, 11) is -3.75. The Morgan fingerprint density at radius 3 is 2.79 bits per heavy atom. The van der Waals surface area contributed by atoms with Gasteiger partial charge in [0, 0.05) is 25.3 Å². The predicted octanol–water partition coefficient (Wildman–Crippen LogP) is 3.90. The van der Waals surface area contributed by atoms with E-state index in [4.69, 9.17) is 18.5 Å². The van der Waals surface area contributed by atoms with Crippen LogP contribution >= 0.6 is 7.60 Å². The molecule has 0 saturated carbocycles. The fraction of sp³-hybridized carbons (Fsp3) is 0.481. The number of aromatic nitrogens is 2. The smallest absolute Gasteiger partial charge is 0.379 e. The number of alkyl halides is 1. The van der Waals surface area contributed by atoms with Crippen molar-refractivity contribution in [3.8, 4) is 0 Å². The molecular formula is C27H34FN2O8P. The Labute approximate surface area is 225 Å². The number of benzene rings is 1. The van der Waals surface area contributed by atoms with E-state index in [0.29, 0.717) is 31.8 Å². The number of aromatic amines is 1. The molecule has 0 amide bonds. The molecule has 2 heterocycles. The van der Waals surface area contributed by atoms with E-state index in [2.05, 4.69) is 0 Å². The molecule has 1 aliphatic carbocycles. The lowest BCUT2D eigenvalue weighted by molar-refractivity contribution is -0.0594. The quantitative estimate of drug-likeness (QED) is 0.294. The Hall–Kier alpha value is -2.82. The molecule has 10 nitrogen and oxygen atoms in total. The third-order valence-corrected chi connectivity index (χ3v) is 8.65. The molecule has 0 spiro atoms. The average Bonchev–Trinajstić information content (AvgIpc) is 3.12. The number of nitrogens with zero attached hydrogens (tertiary/aromatic N) is 1. The summed E-state index contributed by atoms with van der Waals surface area (Å²) < 4.78 is 53.1. The van der Waals surface area contributed by atoms with Crippen molar-refractivity contribution in [2.45, 2.75) is 63.8 Å². The molecule has 4 rings (SSSR count). The normalized spacial score (nSPS) is 26.3. The van der Waals surface area contributed by atoms with Gasteiger partial charge in [-0.05, 0) is 43.9 Å². The molecule has 1 aromatic carbocycles. The van der Waals surface area contributed by atoms with Gasteiger partial charge in [-0.3, -0.25) is 18.9 Å². The lowest BCUT2D eigenvalue weighted by atomic mass is 9.98. The number of ether oxygens (including phenoxy) is 2. The predicted molar refractivity (Wildman–Crippen MR) is 142 cm³/mol. The first-order valence-corrected chi connectivity index (χ1v) is 14.6. The zero-order valence-electron chi connectivity index (χ0n) is 22.0. The van der Waals surface area contributed by atoms with Crippen LogP contribution in [0.15, 0.2) is 70.1 Å². The minimum Gasteiger partial charge on any atom is -0.429 e. The Kier molecular flexibility index (Phi) is 9.40. The summed E-state index contributed by atoms with van der Waals surface area (Å²) in [6.45, 7) is 3.37. The summed E-state index contributed by atoms with van der Waals surface area (Å²) >= 11 is 0. The van der Waals surface area contributed by atoms with E-state index in [1.54, 1.807) is 12.2 Å². The molecule has 0 radical (unpaired) electrons. The van der Waals surface area contributed by atoms with E-state index < -0.39 is 49.6 Å². The Balaban J connectivity index is 1.40. The molecule has 2 N–H and O–H groups in total. The van der Waals surface area contributed by atoms with E-state index in [-0.39, 0.29) is 6.16 Å². The third-order valence-electron chi connectivity index (χ3n) is 6.73. The van der Waals surface area contributed by atoms with Gasteiger partial charge < -0.3 is 19.1 Å². The van der Waals surface area contributed by atoms with Crippen molar-refractivity contribution < 1.29 is 32.6 Å². The zero-order chi connectivity index (χ0) is 28.0. The van der Waals surface area contributed by atoms with Crippen LogP contribution in [0, 0.1) is 6.92 Å². The van der Waals surface area contributed by atoms with Gasteiger partial charge in [-0.2, -0.15) is 0 Å². The maximum Gasteiger partial charge on any atom is 0.379 e. The van der Waals surface area contributed by atoms with Crippen LogP contribution in [0.3, 0.4) is 0 Å². The first-order chi connectivity index (χ1) is 18.6. The highest BCUT2D eigenvalue weighted by Gasteiger charge is 2.55. The zero-order valence-corrected chi connectivity index (χ0v) is 22.8. The fourth-order valence-electron chi connectivity index (χ4n) is 4.44. The van der Waals surface area contributed by atoms with Crippen LogP contribution in [0.25, 0.3) is 0 Å². The van der Waals surface area contributed by atoms with E-state index in [1.807, 2.05) is 42.2 Å². The van der Waals surface area contributed by atoms with Crippen molar-refractivity contribution in [3.63, 3.8) is 0 Å². The Morgan fingerprint density at radius 2 is 2.08 bits per heavy atom. The number of aliphatic hydroxyl groups is 1.